The number of esters is 2. The third-order valence-corrected chi connectivity index (χ3v) is 3.09. The summed E-state index contributed by atoms with van der Waals surface area (Å²) in [7, 11) is 2.32. The molecule has 0 radical (unpaired) electrons. The van der Waals surface area contributed by atoms with E-state index in [-0.39, 0.29) is 17.1 Å². The lowest BCUT2D eigenvalue weighted by molar-refractivity contribution is -0.138. The summed E-state index contributed by atoms with van der Waals surface area (Å²) in [6.07, 6.45) is 3.73. The Morgan fingerprint density at radius 1 is 1.33 bits per heavy atom. The summed E-state index contributed by atoms with van der Waals surface area (Å²) < 4.78 is 24.5. The van der Waals surface area contributed by atoms with Gasteiger partial charge in [-0.15, -0.1) is 0 Å². The molecule has 0 fully saturated rings. The second-order valence-electron chi connectivity index (χ2n) is 4.47. The lowest BCUT2D eigenvalue weighted by Crippen LogP contribution is -2.15. The minimum absolute atomic E-state index is 0.170. The maximum absolute atomic E-state index is 14.2. The van der Waals surface area contributed by atoms with Gasteiger partial charge in [0.15, 0.2) is 5.82 Å². The largest absolute Gasteiger partial charge is 0.466 e. The Balaban J connectivity index is 2.28. The van der Waals surface area contributed by atoms with Crippen LogP contribution in [0.4, 0.5) is 10.1 Å². The van der Waals surface area contributed by atoms with Crippen molar-refractivity contribution in [1.82, 2.24) is 9.78 Å². The molecule has 0 saturated heterocycles. The number of carbonyl (C=O) groups excluding carboxylic acids is 2. The van der Waals surface area contributed by atoms with Crippen LogP contribution in [0.5, 0.6) is 0 Å². The molecule has 0 spiro atoms. The van der Waals surface area contributed by atoms with Gasteiger partial charge in [0.2, 0.25) is 0 Å². The molecule has 1 N–H and O–H groups in total. The topological polar surface area (TPSA) is 82.5 Å². The van der Waals surface area contributed by atoms with E-state index in [1.165, 1.54) is 29.2 Å². The van der Waals surface area contributed by atoms with Gasteiger partial charge in [0.1, 0.15) is 11.4 Å². The lowest BCUT2D eigenvalue weighted by atomic mass is 10.2. The molecule has 9 heteroatoms. The molecule has 126 valence electrons. The number of anilines is 1. The first-order valence-electron chi connectivity index (χ1n) is 6.59. The number of methoxy groups -OCH3 is 2. The average molecular weight is 354 g/mol. The van der Waals surface area contributed by atoms with Crippen molar-refractivity contribution in [2.24, 2.45) is 0 Å². The first kappa shape index (κ1) is 17.5. The van der Waals surface area contributed by atoms with Crippen molar-refractivity contribution in [1.29, 1.82) is 0 Å². The van der Waals surface area contributed by atoms with Gasteiger partial charge in [-0.1, -0.05) is 11.6 Å². The number of carbonyl (C=O) groups is 2. The molecule has 1 aromatic carbocycles. The molecule has 2 rings (SSSR count). The zero-order valence-electron chi connectivity index (χ0n) is 12.7. The second kappa shape index (κ2) is 7.60. The smallest absolute Gasteiger partial charge is 0.354 e. The van der Waals surface area contributed by atoms with Crippen LogP contribution in [0.15, 0.2) is 42.4 Å². The van der Waals surface area contributed by atoms with Crippen LogP contribution < -0.4 is 5.32 Å². The van der Waals surface area contributed by atoms with Crippen molar-refractivity contribution in [3.05, 3.63) is 53.2 Å². The quantitative estimate of drug-likeness (QED) is 0.656. The first-order valence-corrected chi connectivity index (χ1v) is 6.97. The fraction of sp³-hybridized carbons (Fsp3) is 0.133. The van der Waals surface area contributed by atoms with Gasteiger partial charge in [0.25, 0.3) is 0 Å². The van der Waals surface area contributed by atoms with Crippen LogP contribution in [0.1, 0.15) is 0 Å². The van der Waals surface area contributed by atoms with E-state index in [0.717, 1.165) is 26.4 Å². The van der Waals surface area contributed by atoms with Gasteiger partial charge in [-0.3, -0.25) is 0 Å². The third-order valence-electron chi connectivity index (χ3n) is 2.89. The molecule has 24 heavy (non-hydrogen) atoms. The van der Waals surface area contributed by atoms with E-state index >= 15 is 0 Å². The van der Waals surface area contributed by atoms with E-state index in [1.807, 2.05) is 0 Å². The summed E-state index contributed by atoms with van der Waals surface area (Å²) in [4.78, 5) is 23.0. The van der Waals surface area contributed by atoms with E-state index in [4.69, 9.17) is 11.6 Å². The molecule has 0 saturated carbocycles. The van der Waals surface area contributed by atoms with Gasteiger partial charge in [0, 0.05) is 11.9 Å². The number of hydrogen-bond donors (Lipinski definition) is 1. The van der Waals surface area contributed by atoms with Crippen LogP contribution in [0.3, 0.4) is 0 Å². The maximum Gasteiger partial charge on any atom is 0.354 e. The molecule has 7 nitrogen and oxygen atoms in total. The molecule has 0 unspecified atom stereocenters. The van der Waals surface area contributed by atoms with Gasteiger partial charge < -0.3 is 14.8 Å². The number of ether oxygens (including phenoxy) is 2. The zero-order valence-corrected chi connectivity index (χ0v) is 13.5. The Labute approximate surface area is 141 Å². The summed E-state index contributed by atoms with van der Waals surface area (Å²) in [6.45, 7) is 0. The van der Waals surface area contributed by atoms with Gasteiger partial charge >= 0.3 is 11.9 Å². The Hall–Kier alpha value is -2.87. The number of aromatic nitrogens is 2. The van der Waals surface area contributed by atoms with Gasteiger partial charge in [0.05, 0.1) is 31.5 Å². The van der Waals surface area contributed by atoms with Crippen molar-refractivity contribution in [2.45, 2.75) is 0 Å². The molecule has 0 bridgehead atoms. The molecule has 0 atom stereocenters. The molecular formula is C15H13ClFN3O4. The van der Waals surface area contributed by atoms with E-state index in [9.17, 15) is 14.0 Å². The summed E-state index contributed by atoms with van der Waals surface area (Å²) >= 11 is 5.75. The van der Waals surface area contributed by atoms with Crippen molar-refractivity contribution < 1.29 is 23.5 Å². The molecule has 1 aromatic heterocycles. The SMILES string of the molecule is COC(=O)/C=C(/Nc1ccc(-n2cc(Cl)cn2)c(F)c1)C(=O)OC. The standard InChI is InChI=1S/C15H13ClFN3O4/c1-23-14(21)6-12(15(22)24-2)19-10-3-4-13(11(17)5-10)20-8-9(16)7-18-20/h3-8,19H,1-2H3/b12-6+. The van der Waals surface area contributed by atoms with E-state index in [0.29, 0.717) is 5.02 Å². The molecule has 2 aromatic rings. The van der Waals surface area contributed by atoms with Crippen molar-refractivity contribution in [3.8, 4) is 5.69 Å². The highest BCUT2D eigenvalue weighted by molar-refractivity contribution is 6.30. The number of halogens is 2. The average Bonchev–Trinajstić information content (AvgIpc) is 2.99. The molecule has 1 heterocycles. The van der Waals surface area contributed by atoms with E-state index in [2.05, 4.69) is 19.9 Å². The summed E-state index contributed by atoms with van der Waals surface area (Å²) in [5.41, 5.74) is 0.206. The first-order chi connectivity index (χ1) is 11.4. The molecule has 0 amide bonds. The lowest BCUT2D eigenvalue weighted by Gasteiger charge is -2.10. The van der Waals surface area contributed by atoms with Gasteiger partial charge in [-0.2, -0.15) is 5.10 Å². The Morgan fingerprint density at radius 3 is 2.62 bits per heavy atom. The zero-order chi connectivity index (χ0) is 17.7. The monoisotopic (exact) mass is 353 g/mol. The van der Waals surface area contributed by atoms with E-state index < -0.39 is 17.8 Å². The number of rotatable bonds is 5. The normalized spacial score (nSPS) is 11.1. The highest BCUT2D eigenvalue weighted by Gasteiger charge is 2.14. The maximum atomic E-state index is 14.2. The second-order valence-corrected chi connectivity index (χ2v) is 4.90. The third kappa shape index (κ3) is 4.11. The summed E-state index contributed by atoms with van der Waals surface area (Å²) in [5, 5.41) is 6.88. The van der Waals surface area contributed by atoms with Crippen molar-refractivity contribution in [3.63, 3.8) is 0 Å². The summed E-state index contributed by atoms with van der Waals surface area (Å²) in [5.74, 6) is -2.17. The number of nitrogens with one attached hydrogen (secondary N) is 1. The Bertz CT molecular complexity index is 804. The van der Waals surface area contributed by atoms with Gasteiger partial charge in [-0.05, 0) is 18.2 Å². The summed E-state index contributed by atoms with van der Waals surface area (Å²) in [6, 6.07) is 4.08. The molecule has 0 aliphatic carbocycles. The van der Waals surface area contributed by atoms with Crippen molar-refractivity contribution in [2.75, 3.05) is 19.5 Å². The minimum Gasteiger partial charge on any atom is -0.466 e. The van der Waals surface area contributed by atoms with Gasteiger partial charge in [-0.25, -0.2) is 18.7 Å². The van der Waals surface area contributed by atoms with E-state index in [1.54, 1.807) is 0 Å². The number of nitrogens with zero attached hydrogens (tertiary/aromatic N) is 2. The highest BCUT2D eigenvalue weighted by atomic mass is 35.5. The fourth-order valence-corrected chi connectivity index (χ4v) is 1.93. The molecular weight excluding hydrogens is 341 g/mol. The number of hydrogen-bond acceptors (Lipinski definition) is 6. The molecule has 0 aliphatic heterocycles. The fourth-order valence-electron chi connectivity index (χ4n) is 1.79. The Morgan fingerprint density at radius 2 is 2.08 bits per heavy atom. The Kier molecular flexibility index (Phi) is 5.54. The van der Waals surface area contributed by atoms with Crippen LogP contribution in [0.2, 0.25) is 5.02 Å². The van der Waals surface area contributed by atoms with Crippen LogP contribution in [0, 0.1) is 5.82 Å². The predicted octanol–water partition coefficient (Wildman–Crippen LogP) is 2.31. The minimum atomic E-state index is -0.802. The van der Waals surface area contributed by atoms with Crippen LogP contribution in [-0.4, -0.2) is 35.9 Å². The van der Waals surface area contributed by atoms with Crippen LogP contribution in [-0.2, 0) is 19.1 Å². The molecule has 0 aliphatic rings. The number of benzene rings is 1. The van der Waals surface area contributed by atoms with Crippen LogP contribution >= 0.6 is 11.6 Å². The highest BCUT2D eigenvalue weighted by Crippen LogP contribution is 2.20. The van der Waals surface area contributed by atoms with Crippen LogP contribution in [0.25, 0.3) is 5.69 Å². The predicted molar refractivity (Wildman–Crippen MR) is 84.3 cm³/mol. The van der Waals surface area contributed by atoms with Crippen molar-refractivity contribution >= 4 is 29.2 Å².